The number of thiophene rings is 1. The predicted molar refractivity (Wildman–Crippen MR) is 108 cm³/mol. The normalized spacial score (nSPS) is 17.1. The van der Waals surface area contributed by atoms with Crippen molar-refractivity contribution in [2.45, 2.75) is 26.3 Å². The number of hydrogen-bond donors (Lipinski definition) is 2. The van der Waals surface area contributed by atoms with Gasteiger partial charge in [0.15, 0.2) is 5.96 Å². The number of aryl methyl sites for hydroxylation is 2. The molecule has 1 fully saturated rings. The molecule has 1 aliphatic rings. The minimum atomic E-state index is 0.329. The Kier molecular flexibility index (Phi) is 7.25. The first-order chi connectivity index (χ1) is 13.2. The van der Waals surface area contributed by atoms with Crippen molar-refractivity contribution in [1.82, 2.24) is 20.7 Å². The molecule has 27 heavy (non-hydrogen) atoms. The fourth-order valence-electron chi connectivity index (χ4n) is 3.36. The zero-order valence-electron chi connectivity index (χ0n) is 16.3. The van der Waals surface area contributed by atoms with E-state index in [1.807, 2.05) is 13.8 Å². The van der Waals surface area contributed by atoms with Gasteiger partial charge in [-0.2, -0.15) is 0 Å². The van der Waals surface area contributed by atoms with E-state index < -0.39 is 0 Å². The maximum absolute atomic E-state index is 5.51. The van der Waals surface area contributed by atoms with Crippen LogP contribution in [0, 0.1) is 13.8 Å². The quantitative estimate of drug-likeness (QED) is 0.556. The van der Waals surface area contributed by atoms with Crippen molar-refractivity contribution in [1.29, 1.82) is 0 Å². The van der Waals surface area contributed by atoms with Crippen LogP contribution in [0.5, 0.6) is 0 Å². The van der Waals surface area contributed by atoms with Gasteiger partial charge in [0.25, 0.3) is 0 Å². The lowest BCUT2D eigenvalue weighted by molar-refractivity contribution is 0.0177. The predicted octanol–water partition coefficient (Wildman–Crippen LogP) is 2.13. The summed E-state index contributed by atoms with van der Waals surface area (Å²) in [7, 11) is 1.81. The third-order valence-electron chi connectivity index (χ3n) is 4.89. The Balaban J connectivity index is 1.53. The number of nitrogens with one attached hydrogen (secondary N) is 2. The molecule has 0 radical (unpaired) electrons. The van der Waals surface area contributed by atoms with E-state index in [4.69, 9.17) is 9.26 Å². The summed E-state index contributed by atoms with van der Waals surface area (Å²) in [5.41, 5.74) is 2.13. The van der Waals surface area contributed by atoms with Gasteiger partial charge in [-0.1, -0.05) is 11.2 Å². The summed E-state index contributed by atoms with van der Waals surface area (Å²) < 4.78 is 10.7. The molecule has 2 aromatic rings. The standard InChI is InChI=1S/C19H29N5O2S/c1-14-16(15(2)26-23-14)6-7-21-19(20-3)22-13-17(18-5-4-12-27-18)24-8-10-25-11-9-24/h4-5,12,17H,6-11,13H2,1-3H3,(H2,20,21,22). The smallest absolute Gasteiger partial charge is 0.191 e. The molecule has 0 amide bonds. The van der Waals surface area contributed by atoms with Crippen LogP contribution in [0.4, 0.5) is 0 Å². The Labute approximate surface area is 164 Å². The third-order valence-corrected chi connectivity index (χ3v) is 5.87. The van der Waals surface area contributed by atoms with Crippen molar-refractivity contribution in [2.75, 3.05) is 46.4 Å². The lowest BCUT2D eigenvalue weighted by atomic mass is 10.1. The third kappa shape index (κ3) is 5.31. The number of rotatable bonds is 7. The van der Waals surface area contributed by atoms with Crippen LogP contribution >= 0.6 is 11.3 Å². The van der Waals surface area contributed by atoms with Crippen LogP contribution in [-0.4, -0.2) is 62.5 Å². The van der Waals surface area contributed by atoms with Crippen molar-refractivity contribution < 1.29 is 9.26 Å². The van der Waals surface area contributed by atoms with Crippen LogP contribution < -0.4 is 10.6 Å². The number of guanidine groups is 1. The molecule has 1 aliphatic heterocycles. The van der Waals surface area contributed by atoms with Crippen LogP contribution in [0.1, 0.15) is 27.9 Å². The molecule has 1 unspecified atom stereocenters. The number of hydrogen-bond acceptors (Lipinski definition) is 6. The Morgan fingerprint density at radius 2 is 2.15 bits per heavy atom. The first kappa shape index (κ1) is 19.9. The molecule has 0 bridgehead atoms. The van der Waals surface area contributed by atoms with E-state index in [1.54, 1.807) is 18.4 Å². The van der Waals surface area contributed by atoms with Crippen molar-refractivity contribution in [3.8, 4) is 0 Å². The highest BCUT2D eigenvalue weighted by molar-refractivity contribution is 7.10. The molecule has 0 saturated carbocycles. The van der Waals surface area contributed by atoms with Gasteiger partial charge in [0.1, 0.15) is 5.76 Å². The summed E-state index contributed by atoms with van der Waals surface area (Å²) in [4.78, 5) is 8.22. The van der Waals surface area contributed by atoms with E-state index in [2.05, 4.69) is 43.2 Å². The topological polar surface area (TPSA) is 74.9 Å². The summed E-state index contributed by atoms with van der Waals surface area (Å²) in [6.45, 7) is 9.04. The molecule has 2 aromatic heterocycles. The van der Waals surface area contributed by atoms with Gasteiger partial charge in [-0.25, -0.2) is 0 Å². The van der Waals surface area contributed by atoms with Gasteiger partial charge in [-0.15, -0.1) is 11.3 Å². The molecule has 1 atom stereocenters. The number of ether oxygens (including phenoxy) is 1. The van der Waals surface area contributed by atoms with Crippen molar-refractivity contribution in [3.63, 3.8) is 0 Å². The highest BCUT2D eigenvalue weighted by Crippen LogP contribution is 2.25. The second-order valence-corrected chi connectivity index (χ2v) is 7.59. The maximum Gasteiger partial charge on any atom is 0.191 e. The molecule has 2 N–H and O–H groups in total. The van der Waals surface area contributed by atoms with E-state index in [0.717, 1.165) is 63.2 Å². The lowest BCUT2D eigenvalue weighted by Gasteiger charge is -2.34. The summed E-state index contributed by atoms with van der Waals surface area (Å²) in [6.07, 6.45) is 0.861. The molecule has 1 saturated heterocycles. The molecule has 148 valence electrons. The minimum Gasteiger partial charge on any atom is -0.379 e. The second kappa shape index (κ2) is 9.87. The highest BCUT2D eigenvalue weighted by Gasteiger charge is 2.23. The van der Waals surface area contributed by atoms with Gasteiger partial charge in [-0.3, -0.25) is 9.89 Å². The SMILES string of the molecule is CN=C(NCCc1c(C)noc1C)NCC(c1cccs1)N1CCOCC1. The second-order valence-electron chi connectivity index (χ2n) is 6.61. The fourth-order valence-corrected chi connectivity index (χ4v) is 4.22. The molecule has 8 heteroatoms. The van der Waals surface area contributed by atoms with Crippen molar-refractivity contribution in [2.24, 2.45) is 4.99 Å². The number of nitrogens with zero attached hydrogens (tertiary/aromatic N) is 3. The first-order valence-electron chi connectivity index (χ1n) is 9.40. The summed E-state index contributed by atoms with van der Waals surface area (Å²) in [5.74, 6) is 1.71. The van der Waals surface area contributed by atoms with Crippen LogP contribution in [0.25, 0.3) is 0 Å². The zero-order chi connectivity index (χ0) is 19.1. The van der Waals surface area contributed by atoms with Gasteiger partial charge in [0.05, 0.1) is 24.9 Å². The molecule has 0 aromatic carbocycles. The van der Waals surface area contributed by atoms with E-state index in [9.17, 15) is 0 Å². The minimum absolute atomic E-state index is 0.329. The van der Waals surface area contributed by atoms with E-state index in [-0.39, 0.29) is 0 Å². The molecule has 3 rings (SSSR count). The lowest BCUT2D eigenvalue weighted by Crippen LogP contribution is -2.46. The van der Waals surface area contributed by atoms with E-state index in [1.165, 1.54) is 10.4 Å². The average molecular weight is 392 g/mol. The van der Waals surface area contributed by atoms with Gasteiger partial charge in [0.2, 0.25) is 0 Å². The monoisotopic (exact) mass is 391 g/mol. The van der Waals surface area contributed by atoms with Gasteiger partial charge < -0.3 is 19.9 Å². The average Bonchev–Trinajstić information content (AvgIpc) is 3.33. The number of morpholine rings is 1. The van der Waals surface area contributed by atoms with Crippen LogP contribution in [0.15, 0.2) is 27.0 Å². The first-order valence-corrected chi connectivity index (χ1v) is 10.3. The summed E-state index contributed by atoms with van der Waals surface area (Å²) in [6, 6.07) is 4.65. The van der Waals surface area contributed by atoms with Gasteiger partial charge in [-0.05, 0) is 31.7 Å². The highest BCUT2D eigenvalue weighted by atomic mass is 32.1. The zero-order valence-corrected chi connectivity index (χ0v) is 17.1. The van der Waals surface area contributed by atoms with E-state index >= 15 is 0 Å². The largest absolute Gasteiger partial charge is 0.379 e. The molecular weight excluding hydrogens is 362 g/mol. The fraction of sp³-hybridized carbons (Fsp3) is 0.579. The van der Waals surface area contributed by atoms with Crippen molar-refractivity contribution >= 4 is 17.3 Å². The Morgan fingerprint density at radius 1 is 1.33 bits per heavy atom. The van der Waals surface area contributed by atoms with Crippen LogP contribution in [0.3, 0.4) is 0 Å². The Bertz CT molecular complexity index is 703. The molecule has 0 aliphatic carbocycles. The summed E-state index contributed by atoms with van der Waals surface area (Å²) >= 11 is 1.80. The molecular formula is C19H29N5O2S. The molecule has 0 spiro atoms. The number of aromatic nitrogens is 1. The van der Waals surface area contributed by atoms with E-state index in [0.29, 0.717) is 6.04 Å². The Hall–Kier alpha value is -1.90. The maximum atomic E-state index is 5.51. The van der Waals surface area contributed by atoms with Gasteiger partial charge >= 0.3 is 0 Å². The number of aliphatic imine (C=N–C) groups is 1. The van der Waals surface area contributed by atoms with Crippen LogP contribution in [0.2, 0.25) is 0 Å². The molecule has 7 nitrogen and oxygen atoms in total. The summed E-state index contributed by atoms with van der Waals surface area (Å²) in [5, 5.41) is 13.0. The van der Waals surface area contributed by atoms with Crippen molar-refractivity contribution in [3.05, 3.63) is 39.4 Å². The molecule has 3 heterocycles. The van der Waals surface area contributed by atoms with Crippen LogP contribution in [-0.2, 0) is 11.2 Å². The van der Waals surface area contributed by atoms with Gasteiger partial charge in [0, 0.05) is 43.7 Å². The Morgan fingerprint density at radius 3 is 2.78 bits per heavy atom.